The second kappa shape index (κ2) is 5.51. The molecule has 0 saturated heterocycles. The molecular weight excluding hydrogens is 204 g/mol. The highest BCUT2D eigenvalue weighted by molar-refractivity contribution is 5.95. The molecule has 0 spiro atoms. The molecule has 0 heterocycles. The molecular formula is C12H18N2O2. The lowest BCUT2D eigenvalue weighted by atomic mass is 10.1. The van der Waals surface area contributed by atoms with E-state index in [-0.39, 0.29) is 18.6 Å². The van der Waals surface area contributed by atoms with Crippen LogP contribution in [0, 0.1) is 0 Å². The predicted octanol–water partition coefficient (Wildman–Crippen LogP) is 0.863. The summed E-state index contributed by atoms with van der Waals surface area (Å²) in [5.41, 5.74) is 1.58. The van der Waals surface area contributed by atoms with Crippen LogP contribution in [0.2, 0.25) is 0 Å². The normalized spacial score (nSPS) is 12.0. The van der Waals surface area contributed by atoms with E-state index in [0.29, 0.717) is 5.56 Å². The van der Waals surface area contributed by atoms with Crippen LogP contribution in [0.4, 0.5) is 5.69 Å². The number of nitrogens with one attached hydrogen (secondary N) is 1. The van der Waals surface area contributed by atoms with Crippen molar-refractivity contribution in [2.24, 2.45) is 0 Å². The van der Waals surface area contributed by atoms with Gasteiger partial charge in [-0.25, -0.2) is 0 Å². The highest BCUT2D eigenvalue weighted by Crippen LogP contribution is 2.13. The molecule has 2 N–H and O–H groups in total. The van der Waals surface area contributed by atoms with Crippen molar-refractivity contribution in [1.82, 2.24) is 5.32 Å². The van der Waals surface area contributed by atoms with Gasteiger partial charge in [-0.3, -0.25) is 4.79 Å². The Morgan fingerprint density at radius 1 is 1.50 bits per heavy atom. The van der Waals surface area contributed by atoms with Crippen LogP contribution in [0.1, 0.15) is 17.3 Å². The van der Waals surface area contributed by atoms with Gasteiger partial charge in [-0.1, -0.05) is 6.07 Å². The summed E-state index contributed by atoms with van der Waals surface area (Å²) in [6.45, 7) is 1.70. The van der Waals surface area contributed by atoms with E-state index >= 15 is 0 Å². The molecule has 1 unspecified atom stereocenters. The van der Waals surface area contributed by atoms with Crippen LogP contribution >= 0.6 is 0 Å². The summed E-state index contributed by atoms with van der Waals surface area (Å²) in [4.78, 5) is 13.7. The van der Waals surface area contributed by atoms with Gasteiger partial charge in [0.25, 0.3) is 5.91 Å². The first kappa shape index (κ1) is 12.5. The molecule has 4 heteroatoms. The largest absolute Gasteiger partial charge is 0.394 e. The third-order valence-corrected chi connectivity index (χ3v) is 2.28. The van der Waals surface area contributed by atoms with Gasteiger partial charge in [0.1, 0.15) is 0 Å². The van der Waals surface area contributed by atoms with Crippen molar-refractivity contribution in [2.75, 3.05) is 25.6 Å². The zero-order valence-electron chi connectivity index (χ0n) is 9.90. The molecule has 0 saturated carbocycles. The number of rotatable bonds is 4. The lowest BCUT2D eigenvalue weighted by Gasteiger charge is -2.15. The van der Waals surface area contributed by atoms with E-state index in [0.717, 1.165) is 5.69 Å². The van der Waals surface area contributed by atoms with Crippen LogP contribution in [0.25, 0.3) is 0 Å². The lowest BCUT2D eigenvalue weighted by molar-refractivity contribution is 0.0922. The Hall–Kier alpha value is -1.55. The minimum Gasteiger partial charge on any atom is -0.394 e. The molecule has 0 bridgehead atoms. The molecule has 1 aromatic rings. The van der Waals surface area contributed by atoms with E-state index in [1.165, 1.54) is 0 Å². The molecule has 0 aliphatic carbocycles. The number of hydrogen-bond acceptors (Lipinski definition) is 3. The number of anilines is 1. The summed E-state index contributed by atoms with van der Waals surface area (Å²) in [7, 11) is 3.85. The van der Waals surface area contributed by atoms with Gasteiger partial charge in [0.15, 0.2) is 0 Å². The van der Waals surface area contributed by atoms with Gasteiger partial charge in [-0.2, -0.15) is 0 Å². The fraction of sp³-hybridized carbons (Fsp3) is 0.417. The topological polar surface area (TPSA) is 52.6 Å². The maximum atomic E-state index is 11.7. The highest BCUT2D eigenvalue weighted by atomic mass is 16.3. The van der Waals surface area contributed by atoms with Gasteiger partial charge in [-0.15, -0.1) is 0 Å². The standard InChI is InChI=1S/C12H18N2O2/c1-9(8-15)13-12(16)10-5-4-6-11(7-10)14(2)3/h4-7,9,15H,8H2,1-3H3,(H,13,16). The zero-order chi connectivity index (χ0) is 12.1. The maximum absolute atomic E-state index is 11.7. The van der Waals surface area contributed by atoms with Crippen molar-refractivity contribution in [1.29, 1.82) is 0 Å². The van der Waals surface area contributed by atoms with Crippen LogP contribution in [0.15, 0.2) is 24.3 Å². The molecule has 4 nitrogen and oxygen atoms in total. The van der Waals surface area contributed by atoms with Gasteiger partial charge in [0.2, 0.25) is 0 Å². The van der Waals surface area contributed by atoms with Crippen LogP contribution in [-0.4, -0.2) is 37.8 Å². The second-order valence-corrected chi connectivity index (χ2v) is 4.00. The fourth-order valence-electron chi connectivity index (χ4n) is 1.28. The number of benzene rings is 1. The molecule has 16 heavy (non-hydrogen) atoms. The maximum Gasteiger partial charge on any atom is 0.251 e. The third-order valence-electron chi connectivity index (χ3n) is 2.28. The van der Waals surface area contributed by atoms with Gasteiger partial charge < -0.3 is 15.3 Å². The number of aliphatic hydroxyl groups excluding tert-OH is 1. The number of amides is 1. The smallest absolute Gasteiger partial charge is 0.251 e. The second-order valence-electron chi connectivity index (χ2n) is 4.00. The first-order valence-electron chi connectivity index (χ1n) is 5.23. The van der Waals surface area contributed by atoms with Crippen molar-refractivity contribution in [3.8, 4) is 0 Å². The van der Waals surface area contributed by atoms with Crippen molar-refractivity contribution in [3.63, 3.8) is 0 Å². The van der Waals surface area contributed by atoms with E-state index in [4.69, 9.17) is 5.11 Å². The molecule has 0 aliphatic heterocycles. The summed E-state index contributed by atoms with van der Waals surface area (Å²) >= 11 is 0. The monoisotopic (exact) mass is 222 g/mol. The van der Waals surface area contributed by atoms with Crippen LogP contribution in [0.5, 0.6) is 0 Å². The Bertz CT molecular complexity index is 364. The summed E-state index contributed by atoms with van der Waals surface area (Å²) in [5, 5.41) is 11.6. The average molecular weight is 222 g/mol. The van der Waals surface area contributed by atoms with Crippen LogP contribution < -0.4 is 10.2 Å². The summed E-state index contributed by atoms with van der Waals surface area (Å²) in [6.07, 6.45) is 0. The number of hydrogen-bond donors (Lipinski definition) is 2. The lowest BCUT2D eigenvalue weighted by Crippen LogP contribution is -2.35. The molecule has 1 amide bonds. The quantitative estimate of drug-likeness (QED) is 0.794. The third kappa shape index (κ3) is 3.24. The Morgan fingerprint density at radius 3 is 2.75 bits per heavy atom. The van der Waals surface area contributed by atoms with Crippen molar-refractivity contribution in [3.05, 3.63) is 29.8 Å². The average Bonchev–Trinajstić information content (AvgIpc) is 2.28. The van der Waals surface area contributed by atoms with E-state index < -0.39 is 0 Å². The molecule has 1 rings (SSSR count). The molecule has 0 fully saturated rings. The summed E-state index contributed by atoms with van der Waals surface area (Å²) in [6, 6.07) is 7.13. The minimum absolute atomic E-state index is 0.0564. The molecule has 0 aliphatic rings. The van der Waals surface area contributed by atoms with Gasteiger partial charge in [0.05, 0.1) is 6.61 Å². The van der Waals surface area contributed by atoms with Crippen LogP contribution in [0.3, 0.4) is 0 Å². The molecule has 88 valence electrons. The molecule has 0 radical (unpaired) electrons. The first-order chi connectivity index (χ1) is 7.54. The number of aliphatic hydroxyl groups is 1. The zero-order valence-corrected chi connectivity index (χ0v) is 9.90. The Balaban J connectivity index is 2.79. The van der Waals surface area contributed by atoms with Gasteiger partial charge >= 0.3 is 0 Å². The van der Waals surface area contributed by atoms with E-state index in [1.807, 2.05) is 37.2 Å². The number of nitrogens with zero attached hydrogens (tertiary/aromatic N) is 1. The van der Waals surface area contributed by atoms with Crippen molar-refractivity contribution in [2.45, 2.75) is 13.0 Å². The Labute approximate surface area is 95.9 Å². The SMILES string of the molecule is CC(CO)NC(=O)c1cccc(N(C)C)c1. The molecule has 1 aromatic carbocycles. The van der Waals surface area contributed by atoms with Crippen molar-refractivity contribution >= 4 is 11.6 Å². The van der Waals surface area contributed by atoms with E-state index in [2.05, 4.69) is 5.32 Å². The predicted molar refractivity (Wildman–Crippen MR) is 64.8 cm³/mol. The van der Waals surface area contributed by atoms with E-state index in [1.54, 1.807) is 13.0 Å². The molecule has 1 atom stereocenters. The minimum atomic E-state index is -0.226. The van der Waals surface area contributed by atoms with E-state index in [9.17, 15) is 4.79 Å². The first-order valence-corrected chi connectivity index (χ1v) is 5.23. The fourth-order valence-corrected chi connectivity index (χ4v) is 1.28. The Kier molecular flexibility index (Phi) is 4.31. The number of carbonyl (C=O) groups excluding carboxylic acids is 1. The van der Waals surface area contributed by atoms with Gasteiger partial charge in [-0.05, 0) is 25.1 Å². The summed E-state index contributed by atoms with van der Waals surface area (Å²) < 4.78 is 0. The Morgan fingerprint density at radius 2 is 2.19 bits per heavy atom. The highest BCUT2D eigenvalue weighted by Gasteiger charge is 2.09. The van der Waals surface area contributed by atoms with Gasteiger partial charge in [0, 0.05) is 31.4 Å². The summed E-state index contributed by atoms with van der Waals surface area (Å²) in [5.74, 6) is -0.162. The van der Waals surface area contributed by atoms with Crippen molar-refractivity contribution < 1.29 is 9.90 Å². The number of carbonyl (C=O) groups is 1. The van der Waals surface area contributed by atoms with Crippen LogP contribution in [-0.2, 0) is 0 Å². The molecule has 0 aromatic heterocycles.